The van der Waals surface area contributed by atoms with Gasteiger partial charge in [0.05, 0.1) is 17.0 Å². The molecule has 4 aromatic rings. The molecule has 2 aromatic carbocycles. The average Bonchev–Trinajstić information content (AvgIpc) is 3.55. The number of nitrogens with zero attached hydrogens (tertiary/aromatic N) is 4. The first-order chi connectivity index (χ1) is 16.6. The van der Waals surface area contributed by atoms with Crippen molar-refractivity contribution >= 4 is 35.0 Å². The fourth-order valence-corrected chi connectivity index (χ4v) is 4.17. The molecular weight excluding hydrogens is 448 g/mol. The third-order valence-electron chi connectivity index (χ3n) is 5.66. The fourth-order valence-electron chi connectivity index (χ4n) is 3.86. The predicted molar refractivity (Wildman–Crippen MR) is 131 cm³/mol. The molecule has 5 rings (SSSR count). The largest absolute Gasteiger partial charge is 0.355 e. The maximum atomic E-state index is 13.1. The molecule has 0 unspecified atom stereocenters. The molecular formula is C25H20N6O2S. The van der Waals surface area contributed by atoms with Crippen LogP contribution in [0.15, 0.2) is 72.3 Å². The van der Waals surface area contributed by atoms with Crippen molar-refractivity contribution < 1.29 is 9.59 Å². The van der Waals surface area contributed by atoms with Gasteiger partial charge < -0.3 is 9.88 Å². The molecule has 3 heterocycles. The number of carbonyl (C=O) groups excluding carboxylic acids is 2. The van der Waals surface area contributed by atoms with Gasteiger partial charge in [0.2, 0.25) is 5.82 Å². The zero-order valence-corrected chi connectivity index (χ0v) is 18.9. The molecule has 34 heavy (non-hydrogen) atoms. The first-order valence-electron chi connectivity index (χ1n) is 10.8. The number of amides is 1. The Hall–Kier alpha value is -4.24. The Morgan fingerprint density at radius 2 is 1.74 bits per heavy atom. The summed E-state index contributed by atoms with van der Waals surface area (Å²) in [6.07, 6.45) is 2.34. The van der Waals surface area contributed by atoms with Crippen LogP contribution in [0.25, 0.3) is 28.7 Å². The number of nitrogens with one attached hydrogen (secondary N) is 2. The van der Waals surface area contributed by atoms with Crippen LogP contribution in [-0.4, -0.2) is 53.7 Å². The number of piperidine rings is 1. The SMILES string of the molecule is O=C1CC(=S)N(CCc2ccccc2)C(=O)/C1=C/c1ccc(-c2ccc(-c3nn[nH]n3)cc2)[nH]1. The molecule has 1 aliphatic rings. The standard InChI is InChI=1S/C25H20N6O2S/c32-22-15-23(34)31(13-12-16-4-2-1-3-5-16)25(33)20(22)14-19-10-11-21(26-19)17-6-8-18(9-7-17)24-27-29-30-28-24/h1-11,14,26H,12-13,15H2,(H,27,28,29,30)/b20-14+. The van der Waals surface area contributed by atoms with E-state index in [9.17, 15) is 9.59 Å². The summed E-state index contributed by atoms with van der Waals surface area (Å²) in [4.78, 5) is 30.9. The smallest absolute Gasteiger partial charge is 0.262 e. The van der Waals surface area contributed by atoms with Crippen molar-refractivity contribution in [3.05, 3.63) is 83.6 Å². The normalized spacial score (nSPS) is 15.4. The summed E-state index contributed by atoms with van der Waals surface area (Å²) in [5, 5.41) is 14.0. The number of hydrogen-bond acceptors (Lipinski definition) is 6. The number of rotatable bonds is 6. The van der Waals surface area contributed by atoms with Crippen LogP contribution in [0.4, 0.5) is 0 Å². The van der Waals surface area contributed by atoms with E-state index in [-0.39, 0.29) is 23.7 Å². The molecule has 1 aliphatic heterocycles. The molecule has 168 valence electrons. The zero-order valence-electron chi connectivity index (χ0n) is 18.1. The van der Waals surface area contributed by atoms with Gasteiger partial charge in [0.15, 0.2) is 5.78 Å². The first kappa shape index (κ1) is 21.6. The number of benzene rings is 2. The van der Waals surface area contributed by atoms with E-state index < -0.39 is 0 Å². The number of tetrazole rings is 1. The van der Waals surface area contributed by atoms with E-state index in [2.05, 4.69) is 25.6 Å². The Bertz CT molecular complexity index is 1370. The highest BCUT2D eigenvalue weighted by Gasteiger charge is 2.33. The van der Waals surface area contributed by atoms with Gasteiger partial charge in [-0.1, -0.05) is 66.8 Å². The third-order valence-corrected chi connectivity index (χ3v) is 6.03. The Morgan fingerprint density at radius 3 is 2.47 bits per heavy atom. The van der Waals surface area contributed by atoms with Crippen molar-refractivity contribution in [3.63, 3.8) is 0 Å². The highest BCUT2D eigenvalue weighted by atomic mass is 32.1. The lowest BCUT2D eigenvalue weighted by Crippen LogP contribution is -2.45. The first-order valence-corrected chi connectivity index (χ1v) is 11.2. The summed E-state index contributed by atoms with van der Waals surface area (Å²) < 4.78 is 0. The van der Waals surface area contributed by atoms with Gasteiger partial charge in [-0.25, -0.2) is 0 Å². The Kier molecular flexibility index (Phi) is 5.92. The zero-order chi connectivity index (χ0) is 23.5. The van der Waals surface area contributed by atoms with Crippen molar-refractivity contribution in [3.8, 4) is 22.6 Å². The number of H-pyrrole nitrogens is 2. The number of Topliss-reactive ketones (excluding diaryl/α,β-unsaturated/α-hetero) is 1. The van der Waals surface area contributed by atoms with Gasteiger partial charge in [0.25, 0.3) is 5.91 Å². The number of likely N-dealkylation sites (tertiary alicyclic amines) is 1. The highest BCUT2D eigenvalue weighted by molar-refractivity contribution is 7.80. The Labute approximate surface area is 200 Å². The molecule has 1 amide bonds. The highest BCUT2D eigenvalue weighted by Crippen LogP contribution is 2.24. The molecule has 0 radical (unpaired) electrons. The molecule has 0 bridgehead atoms. The predicted octanol–water partition coefficient (Wildman–Crippen LogP) is 3.62. The quantitative estimate of drug-likeness (QED) is 0.254. The summed E-state index contributed by atoms with van der Waals surface area (Å²) in [7, 11) is 0. The summed E-state index contributed by atoms with van der Waals surface area (Å²) in [5.41, 5.74) is 4.58. The van der Waals surface area contributed by atoms with E-state index in [1.807, 2.05) is 66.7 Å². The lowest BCUT2D eigenvalue weighted by Gasteiger charge is -2.28. The number of aromatic nitrogens is 5. The van der Waals surface area contributed by atoms with Gasteiger partial charge in [-0.05, 0) is 41.0 Å². The van der Waals surface area contributed by atoms with Gasteiger partial charge in [-0.3, -0.25) is 9.59 Å². The van der Waals surface area contributed by atoms with Gasteiger partial charge in [0.1, 0.15) is 0 Å². The van der Waals surface area contributed by atoms with Crippen LogP contribution >= 0.6 is 12.2 Å². The molecule has 2 N–H and O–H groups in total. The van der Waals surface area contributed by atoms with E-state index in [0.717, 1.165) is 22.4 Å². The van der Waals surface area contributed by atoms with Crippen LogP contribution in [0.3, 0.4) is 0 Å². The molecule has 9 heteroatoms. The van der Waals surface area contributed by atoms with E-state index >= 15 is 0 Å². The Morgan fingerprint density at radius 1 is 0.971 bits per heavy atom. The van der Waals surface area contributed by atoms with Crippen LogP contribution < -0.4 is 0 Å². The summed E-state index contributed by atoms with van der Waals surface area (Å²) in [6.45, 7) is 0.439. The van der Waals surface area contributed by atoms with Gasteiger partial charge in [-0.2, -0.15) is 5.21 Å². The number of thiocarbonyl (C=S) groups is 1. The minimum Gasteiger partial charge on any atom is -0.355 e. The number of ketones is 1. The van der Waals surface area contributed by atoms with Crippen LogP contribution in [0.1, 0.15) is 17.7 Å². The van der Waals surface area contributed by atoms with Crippen molar-refractivity contribution in [1.82, 2.24) is 30.5 Å². The van der Waals surface area contributed by atoms with Crippen molar-refractivity contribution in [1.29, 1.82) is 0 Å². The Balaban J connectivity index is 1.33. The van der Waals surface area contributed by atoms with Crippen molar-refractivity contribution in [2.24, 2.45) is 0 Å². The molecule has 0 aliphatic carbocycles. The topological polar surface area (TPSA) is 108 Å². The van der Waals surface area contributed by atoms with Gasteiger partial charge in [-0.15, -0.1) is 10.2 Å². The van der Waals surface area contributed by atoms with E-state index in [1.165, 1.54) is 4.90 Å². The number of aromatic amines is 2. The monoisotopic (exact) mass is 468 g/mol. The van der Waals surface area contributed by atoms with Crippen molar-refractivity contribution in [2.75, 3.05) is 6.54 Å². The van der Waals surface area contributed by atoms with E-state index in [1.54, 1.807) is 6.08 Å². The second-order valence-electron chi connectivity index (χ2n) is 7.88. The van der Waals surface area contributed by atoms with E-state index in [4.69, 9.17) is 12.2 Å². The van der Waals surface area contributed by atoms with Crippen LogP contribution in [0.5, 0.6) is 0 Å². The molecule has 2 aromatic heterocycles. The number of carbonyl (C=O) groups is 2. The van der Waals surface area contributed by atoms with E-state index in [0.29, 0.717) is 29.5 Å². The van der Waals surface area contributed by atoms with Gasteiger partial charge in [0, 0.05) is 23.5 Å². The lowest BCUT2D eigenvalue weighted by molar-refractivity contribution is -0.127. The second kappa shape index (κ2) is 9.32. The number of hydrogen-bond donors (Lipinski definition) is 2. The average molecular weight is 469 g/mol. The molecule has 0 spiro atoms. The third kappa shape index (κ3) is 4.46. The van der Waals surface area contributed by atoms with Crippen LogP contribution in [0, 0.1) is 0 Å². The summed E-state index contributed by atoms with van der Waals surface area (Å²) in [5.74, 6) is -0.0862. The maximum Gasteiger partial charge on any atom is 0.262 e. The maximum absolute atomic E-state index is 13.1. The molecule has 0 saturated carbocycles. The summed E-state index contributed by atoms with van der Waals surface area (Å²) in [6, 6.07) is 21.3. The van der Waals surface area contributed by atoms with Crippen LogP contribution in [-0.2, 0) is 16.0 Å². The molecule has 1 fully saturated rings. The van der Waals surface area contributed by atoms with Gasteiger partial charge >= 0.3 is 0 Å². The van der Waals surface area contributed by atoms with Crippen LogP contribution in [0.2, 0.25) is 0 Å². The molecule has 1 saturated heterocycles. The molecule has 8 nitrogen and oxygen atoms in total. The van der Waals surface area contributed by atoms with Crippen molar-refractivity contribution in [2.45, 2.75) is 12.8 Å². The minimum absolute atomic E-state index is 0.0623. The fraction of sp³-hybridized carbons (Fsp3) is 0.120. The lowest BCUT2D eigenvalue weighted by atomic mass is 10.00. The summed E-state index contributed by atoms with van der Waals surface area (Å²) >= 11 is 5.36. The molecule has 0 atom stereocenters. The second-order valence-corrected chi connectivity index (χ2v) is 8.36. The minimum atomic E-state index is -0.349.